The van der Waals surface area contributed by atoms with Gasteiger partial charge in [0, 0.05) is 11.8 Å². The minimum atomic E-state index is -3.68. The molecule has 0 saturated carbocycles. The van der Waals surface area contributed by atoms with Gasteiger partial charge in [-0.25, -0.2) is 13.4 Å². The van der Waals surface area contributed by atoms with Crippen LogP contribution in [0.2, 0.25) is 0 Å². The lowest BCUT2D eigenvalue weighted by atomic mass is 10.2. The molecule has 28 heavy (non-hydrogen) atoms. The van der Waals surface area contributed by atoms with Gasteiger partial charge in [-0.3, -0.25) is 4.72 Å². The first-order valence-corrected chi connectivity index (χ1v) is 11.0. The predicted octanol–water partition coefficient (Wildman–Crippen LogP) is 5.59. The SMILES string of the molecule is Cc1ccc(S(=O)(=O)Nc2ccccc2-c2ncc(-c3ccccc3)s2)cc1. The van der Waals surface area contributed by atoms with E-state index in [1.54, 1.807) is 30.3 Å². The van der Waals surface area contributed by atoms with Crippen molar-refractivity contribution in [1.82, 2.24) is 4.98 Å². The van der Waals surface area contributed by atoms with Crippen LogP contribution in [-0.2, 0) is 10.0 Å². The molecule has 4 aromatic rings. The Balaban J connectivity index is 1.68. The molecule has 0 spiro atoms. The number of benzene rings is 3. The second-order valence-electron chi connectivity index (χ2n) is 6.36. The summed E-state index contributed by atoms with van der Waals surface area (Å²) in [6.07, 6.45) is 1.82. The lowest BCUT2D eigenvalue weighted by Gasteiger charge is -2.11. The van der Waals surface area contributed by atoms with Crippen molar-refractivity contribution >= 4 is 27.0 Å². The monoisotopic (exact) mass is 406 g/mol. The van der Waals surface area contributed by atoms with E-state index in [0.29, 0.717) is 5.69 Å². The number of aryl methyl sites for hydroxylation is 1. The highest BCUT2D eigenvalue weighted by atomic mass is 32.2. The minimum absolute atomic E-state index is 0.233. The molecule has 6 heteroatoms. The maximum absolute atomic E-state index is 12.8. The van der Waals surface area contributed by atoms with E-state index in [4.69, 9.17) is 0 Å². The Labute approximate surface area is 168 Å². The summed E-state index contributed by atoms with van der Waals surface area (Å²) in [7, 11) is -3.68. The number of nitrogens with one attached hydrogen (secondary N) is 1. The van der Waals surface area contributed by atoms with Crippen molar-refractivity contribution in [3.8, 4) is 21.0 Å². The van der Waals surface area contributed by atoms with Crippen LogP contribution in [0, 0.1) is 6.92 Å². The van der Waals surface area contributed by atoms with E-state index in [9.17, 15) is 8.42 Å². The third-order valence-electron chi connectivity index (χ3n) is 4.30. The van der Waals surface area contributed by atoms with Crippen molar-refractivity contribution < 1.29 is 8.42 Å². The Morgan fingerprint density at radius 2 is 1.54 bits per heavy atom. The van der Waals surface area contributed by atoms with Crippen LogP contribution >= 0.6 is 11.3 Å². The highest BCUT2D eigenvalue weighted by Gasteiger charge is 2.17. The van der Waals surface area contributed by atoms with Crippen molar-refractivity contribution in [2.24, 2.45) is 0 Å². The molecule has 4 nitrogen and oxygen atoms in total. The van der Waals surface area contributed by atoms with E-state index in [-0.39, 0.29) is 4.90 Å². The molecule has 1 aromatic heterocycles. The topological polar surface area (TPSA) is 59.1 Å². The normalized spacial score (nSPS) is 11.3. The number of sulfonamides is 1. The fourth-order valence-electron chi connectivity index (χ4n) is 2.81. The van der Waals surface area contributed by atoms with Gasteiger partial charge < -0.3 is 0 Å². The maximum Gasteiger partial charge on any atom is 0.261 e. The van der Waals surface area contributed by atoms with Gasteiger partial charge in [-0.1, -0.05) is 60.2 Å². The van der Waals surface area contributed by atoms with Gasteiger partial charge in [-0.15, -0.1) is 11.3 Å². The van der Waals surface area contributed by atoms with E-state index >= 15 is 0 Å². The zero-order chi connectivity index (χ0) is 19.6. The lowest BCUT2D eigenvalue weighted by Crippen LogP contribution is -2.13. The quantitative estimate of drug-likeness (QED) is 0.470. The molecule has 0 amide bonds. The first-order chi connectivity index (χ1) is 13.5. The molecule has 0 aliphatic carbocycles. The van der Waals surface area contributed by atoms with Crippen LogP contribution in [0.25, 0.3) is 21.0 Å². The molecule has 1 N–H and O–H groups in total. The number of anilines is 1. The van der Waals surface area contributed by atoms with Crippen LogP contribution in [0.4, 0.5) is 5.69 Å². The van der Waals surface area contributed by atoms with Gasteiger partial charge in [0.25, 0.3) is 10.0 Å². The van der Waals surface area contributed by atoms with Crippen molar-refractivity contribution in [2.45, 2.75) is 11.8 Å². The molecule has 4 rings (SSSR count). The minimum Gasteiger partial charge on any atom is -0.279 e. The van der Waals surface area contributed by atoms with Crippen LogP contribution < -0.4 is 4.72 Å². The number of hydrogen-bond donors (Lipinski definition) is 1. The Bertz CT molecular complexity index is 1200. The summed E-state index contributed by atoms with van der Waals surface area (Å²) >= 11 is 1.53. The average molecular weight is 407 g/mol. The molecular weight excluding hydrogens is 388 g/mol. The molecule has 0 saturated heterocycles. The van der Waals surface area contributed by atoms with Gasteiger partial charge >= 0.3 is 0 Å². The fourth-order valence-corrected chi connectivity index (χ4v) is 4.85. The molecule has 0 fully saturated rings. The van der Waals surface area contributed by atoms with Crippen LogP contribution in [-0.4, -0.2) is 13.4 Å². The molecule has 0 radical (unpaired) electrons. The molecule has 1 heterocycles. The van der Waals surface area contributed by atoms with E-state index in [1.807, 2.05) is 61.7 Å². The molecule has 0 aliphatic rings. The van der Waals surface area contributed by atoms with Crippen molar-refractivity contribution in [3.63, 3.8) is 0 Å². The fraction of sp³-hybridized carbons (Fsp3) is 0.0455. The Morgan fingerprint density at radius 3 is 2.29 bits per heavy atom. The highest BCUT2D eigenvalue weighted by molar-refractivity contribution is 7.92. The third kappa shape index (κ3) is 3.83. The maximum atomic E-state index is 12.8. The van der Waals surface area contributed by atoms with Crippen LogP contribution in [0.5, 0.6) is 0 Å². The van der Waals surface area contributed by atoms with E-state index < -0.39 is 10.0 Å². The molecule has 0 bridgehead atoms. The number of rotatable bonds is 5. The second-order valence-corrected chi connectivity index (χ2v) is 9.07. The highest BCUT2D eigenvalue weighted by Crippen LogP contribution is 2.36. The van der Waals surface area contributed by atoms with E-state index in [0.717, 1.165) is 26.6 Å². The lowest BCUT2D eigenvalue weighted by molar-refractivity contribution is 0.601. The summed E-state index contributed by atoms with van der Waals surface area (Å²) in [5.74, 6) is 0. The first-order valence-electron chi connectivity index (χ1n) is 8.73. The summed E-state index contributed by atoms with van der Waals surface area (Å²) in [5.41, 5.74) is 3.36. The summed E-state index contributed by atoms with van der Waals surface area (Å²) in [6.45, 7) is 1.92. The third-order valence-corrected chi connectivity index (χ3v) is 6.76. The van der Waals surface area contributed by atoms with Crippen LogP contribution in [0.1, 0.15) is 5.56 Å². The van der Waals surface area contributed by atoms with Crippen LogP contribution in [0.3, 0.4) is 0 Å². The van der Waals surface area contributed by atoms with Gasteiger partial charge in [-0.05, 0) is 36.8 Å². The standard InChI is InChI=1S/C22H18N2O2S2/c1-16-11-13-18(14-12-16)28(25,26)24-20-10-6-5-9-19(20)22-23-15-21(27-22)17-7-3-2-4-8-17/h2-15,24H,1H3. The van der Waals surface area contributed by atoms with Gasteiger partial charge in [0.05, 0.1) is 15.5 Å². The summed E-state index contributed by atoms with van der Waals surface area (Å²) in [6, 6.07) is 24.1. The molecule has 0 atom stereocenters. The summed E-state index contributed by atoms with van der Waals surface area (Å²) < 4.78 is 28.3. The molecule has 0 unspecified atom stereocenters. The summed E-state index contributed by atoms with van der Waals surface area (Å²) in [4.78, 5) is 5.79. The Morgan fingerprint density at radius 1 is 0.857 bits per heavy atom. The second kappa shape index (κ2) is 7.58. The smallest absolute Gasteiger partial charge is 0.261 e. The Hall–Kier alpha value is -2.96. The number of hydrogen-bond acceptors (Lipinski definition) is 4. The van der Waals surface area contributed by atoms with E-state index in [1.165, 1.54) is 11.3 Å². The van der Waals surface area contributed by atoms with Gasteiger partial charge in [0.15, 0.2) is 0 Å². The van der Waals surface area contributed by atoms with E-state index in [2.05, 4.69) is 9.71 Å². The number of aromatic nitrogens is 1. The summed E-state index contributed by atoms with van der Waals surface area (Å²) in [5, 5.41) is 0.765. The predicted molar refractivity (Wildman–Crippen MR) is 115 cm³/mol. The molecule has 3 aromatic carbocycles. The van der Waals surface area contributed by atoms with Crippen molar-refractivity contribution in [1.29, 1.82) is 0 Å². The molecule has 140 valence electrons. The number of nitrogens with zero attached hydrogens (tertiary/aromatic N) is 1. The largest absolute Gasteiger partial charge is 0.279 e. The molecular formula is C22H18N2O2S2. The number of para-hydroxylation sites is 1. The van der Waals surface area contributed by atoms with Gasteiger partial charge in [0.1, 0.15) is 5.01 Å². The van der Waals surface area contributed by atoms with Crippen molar-refractivity contribution in [2.75, 3.05) is 4.72 Å². The van der Waals surface area contributed by atoms with Gasteiger partial charge in [-0.2, -0.15) is 0 Å². The zero-order valence-electron chi connectivity index (χ0n) is 15.2. The van der Waals surface area contributed by atoms with Gasteiger partial charge in [0.2, 0.25) is 0 Å². The van der Waals surface area contributed by atoms with Crippen LogP contribution in [0.15, 0.2) is 90.0 Å². The van der Waals surface area contributed by atoms with Crippen molar-refractivity contribution in [3.05, 3.63) is 90.6 Å². The number of thiazole rings is 1. The zero-order valence-corrected chi connectivity index (χ0v) is 16.8. The molecule has 0 aliphatic heterocycles. The first kappa shape index (κ1) is 18.4. The average Bonchev–Trinajstić information content (AvgIpc) is 3.19. The Kier molecular flexibility index (Phi) is 4.98.